The van der Waals surface area contributed by atoms with Crippen LogP contribution in [-0.4, -0.2) is 12.0 Å². The quantitative estimate of drug-likeness (QED) is 0.601. The number of carbonyl (C=O) groups excluding carboxylic acids is 1. The summed E-state index contributed by atoms with van der Waals surface area (Å²) in [5, 5.41) is 0. The molecule has 0 saturated carbocycles. The largest absolute Gasteiger partial charge is 0.389 e. The van der Waals surface area contributed by atoms with Gasteiger partial charge in [-0.1, -0.05) is 15.9 Å². The van der Waals surface area contributed by atoms with Crippen molar-refractivity contribution >= 4 is 21.7 Å². The van der Waals surface area contributed by atoms with Crippen molar-refractivity contribution < 1.29 is 26.7 Å². The zero-order chi connectivity index (χ0) is 13.2. The summed E-state index contributed by atoms with van der Waals surface area (Å²) < 4.78 is 62.0. The Labute approximate surface area is 102 Å². The van der Waals surface area contributed by atoms with Crippen molar-refractivity contribution in [1.82, 2.24) is 0 Å². The van der Waals surface area contributed by atoms with Gasteiger partial charge in [0.2, 0.25) is 0 Å². The number of alkyl halides is 3. The molecule has 0 unspecified atom stereocenters. The van der Waals surface area contributed by atoms with Crippen molar-refractivity contribution in [2.45, 2.75) is 19.0 Å². The lowest BCUT2D eigenvalue weighted by atomic mass is 10.1. The van der Waals surface area contributed by atoms with Crippen LogP contribution >= 0.6 is 15.9 Å². The van der Waals surface area contributed by atoms with Gasteiger partial charge in [0.15, 0.2) is 5.78 Å². The van der Waals surface area contributed by atoms with Crippen LogP contribution in [0.5, 0.6) is 0 Å². The van der Waals surface area contributed by atoms with Crippen molar-refractivity contribution in [2.24, 2.45) is 0 Å². The van der Waals surface area contributed by atoms with Gasteiger partial charge in [-0.05, 0) is 12.1 Å². The Hall–Kier alpha value is -0.980. The van der Waals surface area contributed by atoms with Gasteiger partial charge in [-0.2, -0.15) is 13.2 Å². The van der Waals surface area contributed by atoms with E-state index in [0.29, 0.717) is 0 Å². The molecule has 0 fully saturated rings. The number of benzene rings is 1. The number of rotatable bonds is 3. The third-order valence-electron chi connectivity index (χ3n) is 1.92. The molecule has 0 atom stereocenters. The number of halogens is 6. The van der Waals surface area contributed by atoms with Crippen LogP contribution in [0.15, 0.2) is 16.6 Å². The number of ketones is 1. The van der Waals surface area contributed by atoms with Gasteiger partial charge < -0.3 is 0 Å². The van der Waals surface area contributed by atoms with Crippen LogP contribution in [0.3, 0.4) is 0 Å². The predicted octanol–water partition coefficient (Wildman–Crippen LogP) is 4.25. The van der Waals surface area contributed by atoms with E-state index in [-0.39, 0.29) is 4.47 Å². The predicted molar refractivity (Wildman–Crippen MR) is 53.7 cm³/mol. The zero-order valence-electron chi connectivity index (χ0n) is 8.24. The van der Waals surface area contributed by atoms with E-state index < -0.39 is 42.0 Å². The summed E-state index contributed by atoms with van der Waals surface area (Å²) in [7, 11) is 0. The van der Waals surface area contributed by atoms with Crippen LogP contribution in [0.2, 0.25) is 0 Å². The maximum Gasteiger partial charge on any atom is 0.389 e. The SMILES string of the molecule is O=C(CCC(F)(F)F)c1c(F)cc(Br)cc1F. The van der Waals surface area contributed by atoms with E-state index >= 15 is 0 Å². The number of hydrogen-bond donors (Lipinski definition) is 0. The molecule has 0 aromatic heterocycles. The molecule has 0 amide bonds. The molecule has 0 heterocycles. The van der Waals surface area contributed by atoms with Gasteiger partial charge in [0.25, 0.3) is 0 Å². The van der Waals surface area contributed by atoms with E-state index in [4.69, 9.17) is 0 Å². The van der Waals surface area contributed by atoms with E-state index in [0.717, 1.165) is 12.1 Å². The van der Waals surface area contributed by atoms with Gasteiger partial charge in [0, 0.05) is 10.9 Å². The number of carbonyl (C=O) groups is 1. The summed E-state index contributed by atoms with van der Waals surface area (Å²) in [6, 6.07) is 1.65. The molecule has 7 heteroatoms. The number of hydrogen-bond acceptors (Lipinski definition) is 1. The van der Waals surface area contributed by atoms with E-state index in [2.05, 4.69) is 15.9 Å². The van der Waals surface area contributed by atoms with Crippen molar-refractivity contribution in [3.8, 4) is 0 Å². The summed E-state index contributed by atoms with van der Waals surface area (Å²) in [5.41, 5.74) is -0.933. The van der Waals surface area contributed by atoms with E-state index in [9.17, 15) is 26.7 Å². The van der Waals surface area contributed by atoms with Crippen LogP contribution in [-0.2, 0) is 0 Å². The maximum absolute atomic E-state index is 13.2. The molecule has 94 valence electrons. The van der Waals surface area contributed by atoms with Crippen LogP contribution in [0.4, 0.5) is 22.0 Å². The van der Waals surface area contributed by atoms with Gasteiger partial charge >= 0.3 is 6.18 Å². The first-order chi connectivity index (χ1) is 7.70. The zero-order valence-corrected chi connectivity index (χ0v) is 9.83. The maximum atomic E-state index is 13.2. The highest BCUT2D eigenvalue weighted by Crippen LogP contribution is 2.25. The van der Waals surface area contributed by atoms with E-state index in [1.165, 1.54) is 0 Å². The fraction of sp³-hybridized carbons (Fsp3) is 0.300. The van der Waals surface area contributed by atoms with Crippen molar-refractivity contribution in [1.29, 1.82) is 0 Å². The average molecular weight is 317 g/mol. The van der Waals surface area contributed by atoms with Gasteiger partial charge in [0.05, 0.1) is 12.0 Å². The third-order valence-corrected chi connectivity index (χ3v) is 2.38. The van der Waals surface area contributed by atoms with E-state index in [1.54, 1.807) is 0 Å². The fourth-order valence-electron chi connectivity index (χ4n) is 1.19. The Balaban J connectivity index is 2.90. The molecule has 0 bridgehead atoms. The summed E-state index contributed by atoms with van der Waals surface area (Å²) in [5.74, 6) is -3.56. The molecule has 17 heavy (non-hydrogen) atoms. The van der Waals surface area contributed by atoms with Gasteiger partial charge in [-0.3, -0.25) is 4.79 Å². The lowest BCUT2D eigenvalue weighted by Gasteiger charge is -2.07. The lowest BCUT2D eigenvalue weighted by molar-refractivity contribution is -0.133. The van der Waals surface area contributed by atoms with Crippen molar-refractivity contribution in [3.05, 3.63) is 33.8 Å². The summed E-state index contributed by atoms with van der Waals surface area (Å²) in [4.78, 5) is 11.2. The summed E-state index contributed by atoms with van der Waals surface area (Å²) in [6.45, 7) is 0. The molecule has 1 nitrogen and oxygen atoms in total. The van der Waals surface area contributed by atoms with Gasteiger partial charge in [-0.25, -0.2) is 8.78 Å². The highest BCUT2D eigenvalue weighted by atomic mass is 79.9. The molecule has 0 radical (unpaired) electrons. The molecule has 1 aromatic rings. The van der Waals surface area contributed by atoms with Gasteiger partial charge in [0.1, 0.15) is 11.6 Å². The highest BCUT2D eigenvalue weighted by molar-refractivity contribution is 9.10. The summed E-state index contributed by atoms with van der Waals surface area (Å²) in [6.07, 6.45) is -6.91. The Kier molecular flexibility index (Phi) is 4.24. The smallest absolute Gasteiger partial charge is 0.294 e. The molecule has 1 rings (SSSR count). The van der Waals surface area contributed by atoms with Crippen LogP contribution in [0.1, 0.15) is 23.2 Å². The second-order valence-corrected chi connectivity index (χ2v) is 4.20. The normalized spacial score (nSPS) is 11.6. The average Bonchev–Trinajstić information content (AvgIpc) is 2.11. The Morgan fingerprint density at radius 2 is 1.65 bits per heavy atom. The summed E-state index contributed by atoms with van der Waals surface area (Å²) >= 11 is 2.80. The first-order valence-electron chi connectivity index (χ1n) is 4.45. The molecule has 0 N–H and O–H groups in total. The molecule has 0 aliphatic rings. The Morgan fingerprint density at radius 3 is 2.06 bits per heavy atom. The highest BCUT2D eigenvalue weighted by Gasteiger charge is 2.29. The monoisotopic (exact) mass is 316 g/mol. The third kappa shape index (κ3) is 4.07. The molecule has 0 saturated heterocycles. The van der Waals surface area contributed by atoms with Crippen LogP contribution in [0, 0.1) is 11.6 Å². The topological polar surface area (TPSA) is 17.1 Å². The second kappa shape index (κ2) is 5.12. The minimum absolute atomic E-state index is 0.0693. The molecule has 0 aliphatic heterocycles. The van der Waals surface area contributed by atoms with Gasteiger partial charge in [-0.15, -0.1) is 0 Å². The molecular formula is C10H6BrF5O. The molecule has 1 aromatic carbocycles. The molecule has 0 spiro atoms. The Bertz CT molecular complexity index is 418. The van der Waals surface area contributed by atoms with Crippen molar-refractivity contribution in [3.63, 3.8) is 0 Å². The minimum atomic E-state index is -4.53. The first kappa shape index (κ1) is 14.1. The molecular weight excluding hydrogens is 311 g/mol. The lowest BCUT2D eigenvalue weighted by Crippen LogP contribution is -2.13. The standard InChI is InChI=1S/C10H6BrF5O/c11-5-3-6(12)9(7(13)4-5)8(17)1-2-10(14,15)16/h3-4H,1-2H2. The number of Topliss-reactive ketones (excluding diaryl/α,β-unsaturated/α-hetero) is 1. The van der Waals surface area contributed by atoms with Crippen LogP contribution < -0.4 is 0 Å². The fourth-order valence-corrected chi connectivity index (χ4v) is 1.59. The minimum Gasteiger partial charge on any atom is -0.294 e. The molecule has 0 aliphatic carbocycles. The van der Waals surface area contributed by atoms with Crippen LogP contribution in [0.25, 0.3) is 0 Å². The Morgan fingerprint density at radius 1 is 1.18 bits per heavy atom. The first-order valence-corrected chi connectivity index (χ1v) is 5.24. The van der Waals surface area contributed by atoms with Crippen molar-refractivity contribution in [2.75, 3.05) is 0 Å². The van der Waals surface area contributed by atoms with E-state index in [1.807, 2.05) is 0 Å². The second-order valence-electron chi connectivity index (χ2n) is 3.28.